The number of anilines is 3. The van der Waals surface area contributed by atoms with Crippen molar-refractivity contribution in [1.82, 2.24) is 0 Å². The van der Waals surface area contributed by atoms with E-state index in [0.29, 0.717) is 5.92 Å². The first-order chi connectivity index (χ1) is 28.7. The van der Waals surface area contributed by atoms with E-state index in [9.17, 15) is 0 Å². The zero-order valence-electron chi connectivity index (χ0n) is 32.0. The number of allylic oxidation sites excluding steroid dienone is 2. The lowest BCUT2D eigenvalue weighted by molar-refractivity contribution is 0.558. The van der Waals surface area contributed by atoms with Crippen LogP contribution in [-0.2, 0) is 0 Å². The number of rotatable bonds is 7. The van der Waals surface area contributed by atoms with Crippen molar-refractivity contribution in [2.75, 3.05) is 4.90 Å². The van der Waals surface area contributed by atoms with E-state index < -0.39 is 0 Å². The lowest BCUT2D eigenvalue weighted by Crippen LogP contribution is -2.11. The maximum atomic E-state index is 6.79. The van der Waals surface area contributed by atoms with Crippen LogP contribution in [0.15, 0.2) is 205 Å². The number of hydrogen-bond acceptors (Lipinski definition) is 2. The van der Waals surface area contributed by atoms with Gasteiger partial charge in [0.25, 0.3) is 0 Å². The molecule has 0 saturated carbocycles. The molecule has 58 heavy (non-hydrogen) atoms. The molecule has 0 spiro atoms. The first-order valence-corrected chi connectivity index (χ1v) is 20.2. The molecule has 1 aromatic heterocycles. The van der Waals surface area contributed by atoms with Crippen LogP contribution < -0.4 is 4.90 Å². The molecule has 0 N–H and O–H groups in total. The molecule has 1 aliphatic rings. The van der Waals surface area contributed by atoms with Gasteiger partial charge < -0.3 is 9.32 Å². The van der Waals surface area contributed by atoms with E-state index in [-0.39, 0.29) is 5.92 Å². The summed E-state index contributed by atoms with van der Waals surface area (Å²) in [7, 11) is 0. The van der Waals surface area contributed by atoms with Crippen LogP contribution in [0.4, 0.5) is 17.1 Å². The van der Waals surface area contributed by atoms with E-state index in [1.807, 2.05) is 12.1 Å². The van der Waals surface area contributed by atoms with Gasteiger partial charge in [-0.2, -0.15) is 0 Å². The minimum Gasteiger partial charge on any atom is -0.456 e. The van der Waals surface area contributed by atoms with Crippen LogP contribution in [0, 0.1) is 12.1 Å². The van der Waals surface area contributed by atoms with E-state index in [0.717, 1.165) is 63.0 Å². The van der Waals surface area contributed by atoms with E-state index in [1.165, 1.54) is 43.8 Å². The first kappa shape index (κ1) is 34.0. The Bertz CT molecular complexity index is 3040. The second-order valence-electron chi connectivity index (χ2n) is 15.5. The van der Waals surface area contributed by atoms with E-state index in [1.54, 1.807) is 0 Å². The molecule has 0 amide bonds. The van der Waals surface area contributed by atoms with Gasteiger partial charge in [-0.1, -0.05) is 133 Å². The minimum absolute atomic E-state index is 0.277. The van der Waals surface area contributed by atoms with Gasteiger partial charge in [0.1, 0.15) is 11.2 Å². The summed E-state index contributed by atoms with van der Waals surface area (Å²) in [5.74, 6) is 0.573. The van der Waals surface area contributed by atoms with E-state index in [2.05, 4.69) is 205 Å². The van der Waals surface area contributed by atoms with Gasteiger partial charge in [-0.05, 0) is 147 Å². The van der Waals surface area contributed by atoms with Gasteiger partial charge in [-0.15, -0.1) is 0 Å². The van der Waals surface area contributed by atoms with Gasteiger partial charge >= 0.3 is 0 Å². The Morgan fingerprint density at radius 1 is 0.517 bits per heavy atom. The molecule has 9 aromatic carbocycles. The van der Waals surface area contributed by atoms with Crippen molar-refractivity contribution >= 4 is 60.5 Å². The van der Waals surface area contributed by atoms with Crippen LogP contribution in [-0.4, -0.2) is 0 Å². The zero-order chi connectivity index (χ0) is 38.4. The Labute approximate surface area is 338 Å². The summed E-state index contributed by atoms with van der Waals surface area (Å²) < 4.78 is 6.79. The first-order valence-electron chi connectivity index (χ1n) is 20.2. The average Bonchev–Trinajstić information content (AvgIpc) is 3.67. The Morgan fingerprint density at radius 2 is 1.19 bits per heavy atom. The summed E-state index contributed by atoms with van der Waals surface area (Å²) in [5, 5.41) is 7.22. The predicted octanol–water partition coefficient (Wildman–Crippen LogP) is 15.5. The summed E-state index contributed by atoms with van der Waals surface area (Å²) >= 11 is 0. The lowest BCUT2D eigenvalue weighted by Gasteiger charge is -2.28. The summed E-state index contributed by atoms with van der Waals surface area (Å²) in [5.41, 5.74) is 12.5. The normalized spacial score (nSPS) is 15.2. The SMILES string of the molecule is c1cccc(-c2ccc3oc4c(C5CC=CC(c6ccc(N(c7ccc8ccccc8c7)c7ccc8ccccc8c7)cc6)C5)cc(-c5ccccc5)cc4c3c2)c#1. The Kier molecular flexibility index (Phi) is 8.37. The fraction of sp³-hybridized carbons (Fsp3) is 0.0714. The molecular formula is C56H39NO. The van der Waals surface area contributed by atoms with Gasteiger partial charge in [0, 0.05) is 39.3 Å². The highest BCUT2D eigenvalue weighted by atomic mass is 16.3. The summed E-state index contributed by atoms with van der Waals surface area (Å²) in [6, 6.07) is 74.3. The largest absolute Gasteiger partial charge is 0.456 e. The van der Waals surface area contributed by atoms with E-state index >= 15 is 0 Å². The molecule has 2 heteroatoms. The number of benzene rings is 8. The number of nitrogens with zero attached hydrogens (tertiary/aromatic N) is 1. The van der Waals surface area contributed by atoms with Crippen molar-refractivity contribution in [1.29, 1.82) is 0 Å². The number of fused-ring (bicyclic) bond motifs is 5. The van der Waals surface area contributed by atoms with Crippen molar-refractivity contribution in [2.45, 2.75) is 24.7 Å². The summed E-state index contributed by atoms with van der Waals surface area (Å²) in [6.07, 6.45) is 6.76. The maximum Gasteiger partial charge on any atom is 0.138 e. The van der Waals surface area contributed by atoms with Crippen LogP contribution in [0.2, 0.25) is 0 Å². The standard InChI is InChI=1S/C56H39NO/c1-3-12-38(13-4-1)46-26-31-55-53(35-46)54-37-48(39-14-5-2-6-15-39)36-52(56(54)58-55)47-21-11-20-43(32-47)42-22-27-49(28-23-42)57(50-29-24-40-16-7-9-18-44(40)33-50)51-30-25-41-17-8-10-19-45(41)34-51/h1-3,5-12,14-20,22-31,33-37,43,47H,21,32H2. The highest BCUT2D eigenvalue weighted by Gasteiger charge is 2.26. The van der Waals surface area contributed by atoms with Crippen LogP contribution in [0.25, 0.3) is 65.7 Å². The third-order valence-electron chi connectivity index (χ3n) is 12.0. The molecule has 0 fully saturated rings. The smallest absolute Gasteiger partial charge is 0.138 e. The Hall–Kier alpha value is -7.34. The predicted molar refractivity (Wildman–Crippen MR) is 242 cm³/mol. The molecule has 10 aromatic rings. The van der Waals surface area contributed by atoms with Crippen molar-refractivity contribution in [2.24, 2.45) is 0 Å². The molecule has 2 unspecified atom stereocenters. The van der Waals surface area contributed by atoms with Crippen LogP contribution in [0.3, 0.4) is 0 Å². The topological polar surface area (TPSA) is 16.4 Å². The van der Waals surface area contributed by atoms with Gasteiger partial charge in [0.05, 0.1) is 0 Å². The van der Waals surface area contributed by atoms with Gasteiger partial charge in [-0.25, -0.2) is 0 Å². The monoisotopic (exact) mass is 741 g/mol. The number of furan rings is 1. The lowest BCUT2D eigenvalue weighted by atomic mass is 9.78. The highest BCUT2D eigenvalue weighted by molar-refractivity contribution is 6.09. The molecule has 0 saturated heterocycles. The zero-order valence-corrected chi connectivity index (χ0v) is 32.0. The summed E-state index contributed by atoms with van der Waals surface area (Å²) in [6.45, 7) is 0. The quantitative estimate of drug-likeness (QED) is 0.151. The second kappa shape index (κ2) is 14.3. The van der Waals surface area contributed by atoms with Gasteiger partial charge in [0.2, 0.25) is 0 Å². The molecule has 2 atom stereocenters. The summed E-state index contributed by atoms with van der Waals surface area (Å²) in [4.78, 5) is 2.38. The van der Waals surface area contributed by atoms with Gasteiger partial charge in [0.15, 0.2) is 0 Å². The molecule has 274 valence electrons. The molecular weight excluding hydrogens is 703 g/mol. The maximum absolute atomic E-state index is 6.79. The Balaban J connectivity index is 0.961. The van der Waals surface area contributed by atoms with Crippen LogP contribution in [0.5, 0.6) is 0 Å². The third kappa shape index (κ3) is 6.19. The molecule has 0 aliphatic heterocycles. The highest BCUT2D eigenvalue weighted by Crippen LogP contribution is 2.45. The minimum atomic E-state index is 0.277. The third-order valence-corrected chi connectivity index (χ3v) is 12.0. The van der Waals surface area contributed by atoms with Crippen LogP contribution in [0.1, 0.15) is 35.8 Å². The molecule has 0 bridgehead atoms. The van der Waals surface area contributed by atoms with E-state index in [4.69, 9.17) is 4.42 Å². The molecule has 0 radical (unpaired) electrons. The second-order valence-corrected chi connectivity index (χ2v) is 15.5. The molecule has 1 aliphatic carbocycles. The molecule has 1 heterocycles. The Morgan fingerprint density at radius 3 is 1.90 bits per heavy atom. The molecule has 11 rings (SSSR count). The molecule has 2 nitrogen and oxygen atoms in total. The average molecular weight is 742 g/mol. The van der Waals surface area contributed by atoms with Crippen LogP contribution >= 0.6 is 0 Å². The fourth-order valence-corrected chi connectivity index (χ4v) is 9.03. The van der Waals surface area contributed by atoms with Crippen molar-refractivity contribution in [3.63, 3.8) is 0 Å². The van der Waals surface area contributed by atoms with Gasteiger partial charge in [-0.3, -0.25) is 0 Å². The van der Waals surface area contributed by atoms with Crippen molar-refractivity contribution < 1.29 is 4.42 Å². The number of hydrogen-bond donors (Lipinski definition) is 0. The van der Waals surface area contributed by atoms with Crippen molar-refractivity contribution in [3.05, 3.63) is 223 Å². The fourth-order valence-electron chi connectivity index (χ4n) is 9.03. The van der Waals surface area contributed by atoms with Crippen molar-refractivity contribution in [3.8, 4) is 22.3 Å².